The summed E-state index contributed by atoms with van der Waals surface area (Å²) in [5, 5.41) is 2.06. The van der Waals surface area contributed by atoms with Crippen LogP contribution in [-0.4, -0.2) is 47.0 Å². The van der Waals surface area contributed by atoms with Gasteiger partial charge < -0.3 is 9.80 Å². The van der Waals surface area contributed by atoms with E-state index in [1.54, 1.807) is 17.7 Å². The Hall–Kier alpha value is -1.69. The van der Waals surface area contributed by atoms with E-state index in [4.69, 9.17) is 0 Å². The molecule has 2 aliphatic rings. The second-order valence-electron chi connectivity index (χ2n) is 6.13. The minimum atomic E-state index is 0.301. The van der Waals surface area contributed by atoms with E-state index in [2.05, 4.69) is 25.1 Å². The average Bonchev–Trinajstić information content (AvgIpc) is 2.82. The van der Waals surface area contributed by atoms with Crippen LogP contribution >= 0.6 is 11.3 Å². The fourth-order valence-corrected chi connectivity index (χ4v) is 4.13. The minimum Gasteiger partial charge on any atom is -0.353 e. The molecule has 0 bridgehead atoms. The Morgan fingerprint density at radius 1 is 1.14 bits per heavy atom. The van der Waals surface area contributed by atoms with E-state index in [0.29, 0.717) is 11.8 Å². The van der Waals surface area contributed by atoms with Gasteiger partial charge in [-0.05, 0) is 30.7 Å². The second kappa shape index (κ2) is 5.83. The highest BCUT2D eigenvalue weighted by Gasteiger charge is 2.30. The van der Waals surface area contributed by atoms with E-state index >= 15 is 0 Å². The van der Waals surface area contributed by atoms with Crippen molar-refractivity contribution in [3.8, 4) is 0 Å². The number of amides is 1. The maximum absolute atomic E-state index is 12.4. The summed E-state index contributed by atoms with van der Waals surface area (Å²) < 4.78 is 1.15. The molecule has 2 fully saturated rings. The molecule has 0 N–H and O–H groups in total. The highest BCUT2D eigenvalue weighted by Crippen LogP contribution is 2.30. The van der Waals surface area contributed by atoms with Crippen molar-refractivity contribution in [2.45, 2.75) is 25.7 Å². The Morgan fingerprint density at radius 3 is 2.86 bits per heavy atom. The molecule has 5 nitrogen and oxygen atoms in total. The quantitative estimate of drug-likeness (QED) is 0.854. The zero-order valence-corrected chi connectivity index (χ0v) is 13.4. The molecule has 1 saturated heterocycles. The molecule has 1 amide bonds. The van der Waals surface area contributed by atoms with Gasteiger partial charge in [-0.25, -0.2) is 9.97 Å². The molecule has 0 spiro atoms. The zero-order chi connectivity index (χ0) is 14.9. The van der Waals surface area contributed by atoms with E-state index < -0.39 is 0 Å². The van der Waals surface area contributed by atoms with Gasteiger partial charge >= 0.3 is 0 Å². The molecule has 0 unspecified atom stereocenters. The van der Waals surface area contributed by atoms with Gasteiger partial charge in [0.1, 0.15) is 12.1 Å². The first-order chi connectivity index (χ1) is 10.8. The molecule has 2 aromatic heterocycles. The number of fused-ring (bicyclic) bond motifs is 1. The lowest BCUT2D eigenvalue weighted by Gasteiger charge is -2.31. The summed E-state index contributed by atoms with van der Waals surface area (Å²) >= 11 is 1.69. The summed E-state index contributed by atoms with van der Waals surface area (Å²) in [5.41, 5.74) is 1.02. The van der Waals surface area contributed by atoms with Crippen molar-refractivity contribution in [1.82, 2.24) is 14.9 Å². The second-order valence-corrected chi connectivity index (χ2v) is 7.04. The van der Waals surface area contributed by atoms with Crippen molar-refractivity contribution in [1.29, 1.82) is 0 Å². The molecule has 116 valence electrons. The van der Waals surface area contributed by atoms with E-state index in [9.17, 15) is 4.79 Å². The number of aromatic nitrogens is 2. The molecule has 3 heterocycles. The topological polar surface area (TPSA) is 49.3 Å². The summed E-state index contributed by atoms with van der Waals surface area (Å²) in [4.78, 5) is 25.6. The smallest absolute Gasteiger partial charge is 0.225 e. The van der Waals surface area contributed by atoms with Crippen molar-refractivity contribution in [3.05, 3.63) is 17.8 Å². The van der Waals surface area contributed by atoms with Gasteiger partial charge in [-0.15, -0.1) is 11.3 Å². The lowest BCUT2D eigenvalue weighted by atomic mass is 9.84. The van der Waals surface area contributed by atoms with Gasteiger partial charge in [-0.2, -0.15) is 0 Å². The molecule has 1 saturated carbocycles. The van der Waals surface area contributed by atoms with E-state index in [1.165, 1.54) is 6.42 Å². The summed E-state index contributed by atoms with van der Waals surface area (Å²) in [6.45, 7) is 3.51. The van der Waals surface area contributed by atoms with Gasteiger partial charge in [-0.3, -0.25) is 4.79 Å². The number of rotatable bonds is 2. The van der Waals surface area contributed by atoms with Crippen LogP contribution in [0.15, 0.2) is 17.8 Å². The molecule has 1 aliphatic heterocycles. The maximum Gasteiger partial charge on any atom is 0.225 e. The van der Waals surface area contributed by atoms with Crippen LogP contribution in [0.2, 0.25) is 0 Å². The SMILES string of the molecule is O=C(C1CCC1)N1CCCN(c2ncnc3ccsc23)CC1. The highest BCUT2D eigenvalue weighted by atomic mass is 32.1. The van der Waals surface area contributed by atoms with Gasteiger partial charge in [-0.1, -0.05) is 6.42 Å². The number of nitrogens with zero attached hydrogens (tertiary/aromatic N) is 4. The molecule has 0 aromatic carbocycles. The molecular formula is C16H20N4OS. The Labute approximate surface area is 134 Å². The number of hydrogen-bond donors (Lipinski definition) is 0. The number of thiophene rings is 1. The fraction of sp³-hybridized carbons (Fsp3) is 0.562. The van der Waals surface area contributed by atoms with Crippen LogP contribution < -0.4 is 4.90 Å². The summed E-state index contributed by atoms with van der Waals surface area (Å²) in [6.07, 6.45) is 6.04. The van der Waals surface area contributed by atoms with Crippen molar-refractivity contribution < 1.29 is 4.79 Å². The Morgan fingerprint density at radius 2 is 2.05 bits per heavy atom. The first-order valence-electron chi connectivity index (χ1n) is 8.05. The normalized spacial score (nSPS) is 20.0. The lowest BCUT2D eigenvalue weighted by Crippen LogP contribution is -2.41. The predicted octanol–water partition coefficient (Wildman–Crippen LogP) is 2.53. The van der Waals surface area contributed by atoms with Crippen LogP contribution in [0.4, 0.5) is 5.82 Å². The number of carbonyl (C=O) groups is 1. The Balaban J connectivity index is 1.50. The van der Waals surface area contributed by atoms with E-state index in [-0.39, 0.29) is 0 Å². The largest absolute Gasteiger partial charge is 0.353 e. The van der Waals surface area contributed by atoms with Crippen molar-refractivity contribution in [2.24, 2.45) is 5.92 Å². The molecule has 6 heteroatoms. The summed E-state index contributed by atoms with van der Waals surface area (Å²) in [6, 6.07) is 2.04. The third kappa shape index (κ3) is 2.45. The average molecular weight is 316 g/mol. The fourth-order valence-electron chi connectivity index (χ4n) is 3.26. The van der Waals surface area contributed by atoms with Gasteiger partial charge in [0.2, 0.25) is 5.91 Å². The summed E-state index contributed by atoms with van der Waals surface area (Å²) in [5.74, 6) is 1.70. The third-order valence-corrected chi connectivity index (χ3v) is 5.69. The van der Waals surface area contributed by atoms with Crippen molar-refractivity contribution in [3.63, 3.8) is 0 Å². The Bertz CT molecular complexity index is 682. The van der Waals surface area contributed by atoms with Crippen LogP contribution in [0.3, 0.4) is 0 Å². The van der Waals surface area contributed by atoms with Gasteiger partial charge in [0.05, 0.1) is 10.2 Å². The zero-order valence-electron chi connectivity index (χ0n) is 12.6. The monoisotopic (exact) mass is 316 g/mol. The van der Waals surface area contributed by atoms with E-state index in [0.717, 1.165) is 61.5 Å². The van der Waals surface area contributed by atoms with Gasteiger partial charge in [0.25, 0.3) is 0 Å². The molecule has 2 aromatic rings. The van der Waals surface area contributed by atoms with Gasteiger partial charge in [0, 0.05) is 32.1 Å². The van der Waals surface area contributed by atoms with Crippen LogP contribution in [0.5, 0.6) is 0 Å². The number of hydrogen-bond acceptors (Lipinski definition) is 5. The van der Waals surface area contributed by atoms with Crippen molar-refractivity contribution >= 4 is 33.3 Å². The molecule has 4 rings (SSSR count). The molecule has 22 heavy (non-hydrogen) atoms. The molecule has 1 aliphatic carbocycles. The van der Waals surface area contributed by atoms with Gasteiger partial charge in [0.15, 0.2) is 0 Å². The molecular weight excluding hydrogens is 296 g/mol. The van der Waals surface area contributed by atoms with Crippen LogP contribution in [0.25, 0.3) is 10.2 Å². The maximum atomic E-state index is 12.4. The first kappa shape index (κ1) is 13.9. The number of carbonyl (C=O) groups excluding carboxylic acids is 1. The first-order valence-corrected chi connectivity index (χ1v) is 8.93. The predicted molar refractivity (Wildman–Crippen MR) is 88.2 cm³/mol. The van der Waals surface area contributed by atoms with Crippen LogP contribution in [0, 0.1) is 5.92 Å². The molecule has 0 radical (unpaired) electrons. The third-order valence-electron chi connectivity index (χ3n) is 4.79. The molecule has 0 atom stereocenters. The number of anilines is 1. The van der Waals surface area contributed by atoms with E-state index in [1.807, 2.05) is 6.07 Å². The van der Waals surface area contributed by atoms with Crippen LogP contribution in [-0.2, 0) is 4.79 Å². The lowest BCUT2D eigenvalue weighted by molar-refractivity contribution is -0.137. The van der Waals surface area contributed by atoms with Crippen LogP contribution in [0.1, 0.15) is 25.7 Å². The van der Waals surface area contributed by atoms with Crippen molar-refractivity contribution in [2.75, 3.05) is 31.1 Å². The summed E-state index contributed by atoms with van der Waals surface area (Å²) in [7, 11) is 0. The highest BCUT2D eigenvalue weighted by molar-refractivity contribution is 7.17. The Kier molecular flexibility index (Phi) is 3.70. The standard InChI is InChI=1S/C16H20N4OS/c21-16(12-3-1-4-12)20-7-2-6-19(8-9-20)15-14-13(5-10-22-14)17-11-18-15/h5,10-12H,1-4,6-9H2. The minimum absolute atomic E-state index is 0.301.